The molecule has 2 aromatic rings. The van der Waals surface area contributed by atoms with E-state index in [1.807, 2.05) is 24.8 Å². The standard InChI is InChI=1S/C30H38FN5O3/c1-18-13-35(29(39)20(18)3)15-24-12-32-19(2)14-34(24)16-26(37)36-17-30(4,5)28-25(36)10-22(11-33-28)27(38)21-6-8-23(31)9-7-21/h6-11,19,24,27,32,38H,12-17H2,1-5H3/t19-,24-,27-/m1/s1. The van der Waals surface area contributed by atoms with Crippen LogP contribution in [-0.4, -0.2) is 83.1 Å². The Bertz CT molecular complexity index is 1310. The van der Waals surface area contributed by atoms with Gasteiger partial charge in [-0.2, -0.15) is 0 Å². The first-order valence-electron chi connectivity index (χ1n) is 13.6. The number of amides is 2. The lowest BCUT2D eigenvalue weighted by molar-refractivity contribution is -0.126. The highest BCUT2D eigenvalue weighted by Gasteiger charge is 2.41. The zero-order chi connectivity index (χ0) is 28.1. The van der Waals surface area contributed by atoms with Crippen molar-refractivity contribution < 1.29 is 19.1 Å². The van der Waals surface area contributed by atoms with Gasteiger partial charge in [-0.15, -0.1) is 0 Å². The van der Waals surface area contributed by atoms with Gasteiger partial charge in [0.25, 0.3) is 0 Å². The number of rotatable bonds is 6. The number of halogens is 1. The van der Waals surface area contributed by atoms with Gasteiger partial charge in [0.15, 0.2) is 0 Å². The first-order valence-corrected chi connectivity index (χ1v) is 13.6. The highest BCUT2D eigenvalue weighted by Crippen LogP contribution is 2.41. The monoisotopic (exact) mass is 535 g/mol. The molecule has 0 unspecified atom stereocenters. The number of pyridine rings is 1. The van der Waals surface area contributed by atoms with E-state index < -0.39 is 6.10 Å². The van der Waals surface area contributed by atoms with Crippen LogP contribution in [0.2, 0.25) is 0 Å². The SMILES string of the molecule is CC1=C(C)C(=O)N(C[C@H]2CN[C@H](C)CN2CC(=O)N2CC(C)(C)c3ncc([C@H](O)c4ccc(F)cc4)cc32)C1. The second-order valence-corrected chi connectivity index (χ2v) is 11.9. The average Bonchev–Trinajstić information content (AvgIpc) is 3.31. The number of aliphatic hydroxyl groups is 1. The summed E-state index contributed by atoms with van der Waals surface area (Å²) in [6.07, 6.45) is 0.655. The van der Waals surface area contributed by atoms with Crippen molar-refractivity contribution >= 4 is 17.5 Å². The molecule has 2 N–H and O–H groups in total. The number of fused-ring (bicyclic) bond motifs is 1. The highest BCUT2D eigenvalue weighted by atomic mass is 19.1. The van der Waals surface area contributed by atoms with Gasteiger partial charge in [0.2, 0.25) is 11.8 Å². The first-order chi connectivity index (χ1) is 18.4. The lowest BCUT2D eigenvalue weighted by Crippen LogP contribution is -2.61. The Kier molecular flexibility index (Phi) is 7.35. The van der Waals surface area contributed by atoms with Crippen molar-refractivity contribution in [3.63, 3.8) is 0 Å². The molecule has 208 valence electrons. The Morgan fingerprint density at radius 2 is 1.95 bits per heavy atom. The van der Waals surface area contributed by atoms with Gasteiger partial charge in [-0.25, -0.2) is 4.39 Å². The Morgan fingerprint density at radius 1 is 1.23 bits per heavy atom. The molecule has 8 nitrogen and oxygen atoms in total. The Hall–Kier alpha value is -3.14. The van der Waals surface area contributed by atoms with Crippen molar-refractivity contribution in [1.29, 1.82) is 0 Å². The van der Waals surface area contributed by atoms with Gasteiger partial charge in [-0.05, 0) is 50.1 Å². The summed E-state index contributed by atoms with van der Waals surface area (Å²) in [5.74, 6) is -0.326. The summed E-state index contributed by atoms with van der Waals surface area (Å²) in [4.78, 5) is 37.1. The molecule has 0 radical (unpaired) electrons. The van der Waals surface area contributed by atoms with E-state index in [2.05, 4.69) is 36.0 Å². The highest BCUT2D eigenvalue weighted by molar-refractivity contribution is 5.97. The molecule has 0 spiro atoms. The summed E-state index contributed by atoms with van der Waals surface area (Å²) < 4.78 is 13.4. The molecule has 1 aromatic carbocycles. The van der Waals surface area contributed by atoms with E-state index in [0.29, 0.717) is 49.5 Å². The molecule has 5 rings (SSSR count). The second kappa shape index (κ2) is 10.4. The molecule has 4 heterocycles. The summed E-state index contributed by atoms with van der Waals surface area (Å²) in [7, 11) is 0. The summed E-state index contributed by atoms with van der Waals surface area (Å²) in [6, 6.07) is 7.82. The van der Waals surface area contributed by atoms with Crippen LogP contribution in [0.3, 0.4) is 0 Å². The third kappa shape index (κ3) is 5.35. The van der Waals surface area contributed by atoms with E-state index in [9.17, 15) is 19.1 Å². The minimum Gasteiger partial charge on any atom is -0.384 e. The molecular formula is C30H38FN5O3. The fourth-order valence-corrected chi connectivity index (χ4v) is 5.92. The predicted octanol–water partition coefficient (Wildman–Crippen LogP) is 2.77. The molecule has 9 heteroatoms. The average molecular weight is 536 g/mol. The summed E-state index contributed by atoms with van der Waals surface area (Å²) in [6.45, 7) is 13.4. The van der Waals surface area contributed by atoms with Gasteiger partial charge < -0.3 is 20.2 Å². The van der Waals surface area contributed by atoms with Crippen molar-refractivity contribution in [3.8, 4) is 0 Å². The third-order valence-corrected chi connectivity index (χ3v) is 8.35. The van der Waals surface area contributed by atoms with Gasteiger partial charge in [0.05, 0.1) is 17.9 Å². The molecule has 1 saturated heterocycles. The van der Waals surface area contributed by atoms with Crippen LogP contribution in [0.1, 0.15) is 57.5 Å². The minimum absolute atomic E-state index is 0.0210. The number of hydrogen-bond donors (Lipinski definition) is 2. The topological polar surface area (TPSA) is 89.0 Å². The fraction of sp³-hybridized carbons (Fsp3) is 0.500. The second-order valence-electron chi connectivity index (χ2n) is 11.9. The molecular weight excluding hydrogens is 497 g/mol. The molecule has 3 aliphatic heterocycles. The largest absolute Gasteiger partial charge is 0.384 e. The van der Waals surface area contributed by atoms with Crippen molar-refractivity contribution in [2.75, 3.05) is 44.2 Å². The van der Waals surface area contributed by atoms with Crippen LogP contribution in [0.5, 0.6) is 0 Å². The van der Waals surface area contributed by atoms with Crippen LogP contribution in [0, 0.1) is 5.82 Å². The Morgan fingerprint density at radius 3 is 2.62 bits per heavy atom. The van der Waals surface area contributed by atoms with E-state index in [1.54, 1.807) is 23.2 Å². The summed E-state index contributed by atoms with van der Waals surface area (Å²) in [5, 5.41) is 14.5. The number of hydrogen-bond acceptors (Lipinski definition) is 6. The number of nitrogens with zero attached hydrogens (tertiary/aromatic N) is 4. The number of nitrogens with one attached hydrogen (secondary N) is 1. The van der Waals surface area contributed by atoms with E-state index in [1.165, 1.54) is 12.1 Å². The molecule has 39 heavy (non-hydrogen) atoms. The van der Waals surface area contributed by atoms with Crippen molar-refractivity contribution in [2.24, 2.45) is 0 Å². The lowest BCUT2D eigenvalue weighted by Gasteiger charge is -2.41. The van der Waals surface area contributed by atoms with Crippen LogP contribution in [-0.2, 0) is 15.0 Å². The maximum absolute atomic E-state index is 13.9. The van der Waals surface area contributed by atoms with E-state index in [-0.39, 0.29) is 41.7 Å². The van der Waals surface area contributed by atoms with Crippen LogP contribution < -0.4 is 10.2 Å². The smallest absolute Gasteiger partial charge is 0.249 e. The normalized spacial score (nSPS) is 23.9. The van der Waals surface area contributed by atoms with E-state index in [4.69, 9.17) is 0 Å². The molecule has 0 bridgehead atoms. The van der Waals surface area contributed by atoms with Gasteiger partial charge in [-0.1, -0.05) is 26.0 Å². The Labute approximate surface area is 229 Å². The van der Waals surface area contributed by atoms with Crippen LogP contribution in [0.4, 0.5) is 10.1 Å². The van der Waals surface area contributed by atoms with Crippen LogP contribution in [0.25, 0.3) is 0 Å². The molecule has 1 aromatic heterocycles. The predicted molar refractivity (Wildman–Crippen MR) is 148 cm³/mol. The number of piperazine rings is 1. The van der Waals surface area contributed by atoms with Gasteiger partial charge >= 0.3 is 0 Å². The number of aromatic nitrogens is 1. The van der Waals surface area contributed by atoms with Crippen LogP contribution >= 0.6 is 0 Å². The van der Waals surface area contributed by atoms with Crippen molar-refractivity contribution in [3.05, 3.63) is 70.3 Å². The van der Waals surface area contributed by atoms with Gasteiger partial charge in [0, 0.05) is 67.6 Å². The number of anilines is 1. The maximum atomic E-state index is 13.9. The minimum atomic E-state index is -0.985. The molecule has 1 fully saturated rings. The third-order valence-electron chi connectivity index (χ3n) is 8.35. The zero-order valence-corrected chi connectivity index (χ0v) is 23.4. The number of carbonyl (C=O) groups is 2. The van der Waals surface area contributed by atoms with Gasteiger partial charge in [-0.3, -0.25) is 19.5 Å². The first kappa shape index (κ1) is 27.4. The number of carbonyl (C=O) groups excluding carboxylic acids is 2. The maximum Gasteiger partial charge on any atom is 0.249 e. The van der Waals surface area contributed by atoms with Gasteiger partial charge in [0.1, 0.15) is 11.9 Å². The van der Waals surface area contributed by atoms with E-state index in [0.717, 1.165) is 16.8 Å². The summed E-state index contributed by atoms with van der Waals surface area (Å²) >= 11 is 0. The lowest BCUT2D eigenvalue weighted by atomic mass is 9.90. The molecule has 3 aliphatic rings. The van der Waals surface area contributed by atoms with Crippen molar-refractivity contribution in [2.45, 2.75) is 58.2 Å². The van der Waals surface area contributed by atoms with E-state index >= 15 is 0 Å². The molecule has 0 saturated carbocycles. The molecule has 2 amide bonds. The summed E-state index contributed by atoms with van der Waals surface area (Å²) in [5.41, 5.74) is 4.20. The molecule has 0 aliphatic carbocycles. The van der Waals surface area contributed by atoms with Crippen LogP contribution in [0.15, 0.2) is 47.7 Å². The number of benzene rings is 1. The molecule has 3 atom stereocenters. The Balaban J connectivity index is 1.36. The number of aliphatic hydroxyl groups excluding tert-OH is 1. The zero-order valence-electron chi connectivity index (χ0n) is 23.4. The quantitative estimate of drug-likeness (QED) is 0.592. The van der Waals surface area contributed by atoms with Crippen molar-refractivity contribution in [1.82, 2.24) is 20.1 Å². The fourth-order valence-electron chi connectivity index (χ4n) is 5.92.